The standard InChI is InChI=1S/C21H15Br2ClN2/c22-16-8-4-14(5-9-16)20-13-21(15-6-10-18(24)11-7-15)26(25-20)19-3-1-2-17(23)12-19/h1-12,21H,13H2/t21-/m0/s1. The molecule has 1 aliphatic heterocycles. The van der Waals surface area contributed by atoms with Crippen molar-refractivity contribution < 1.29 is 0 Å². The largest absolute Gasteiger partial charge is 0.257 e. The lowest BCUT2D eigenvalue weighted by Gasteiger charge is -2.24. The first-order valence-corrected chi connectivity index (χ1v) is 10.2. The van der Waals surface area contributed by atoms with Crippen molar-refractivity contribution in [2.75, 3.05) is 5.01 Å². The number of anilines is 1. The number of rotatable bonds is 3. The third-order valence-electron chi connectivity index (χ3n) is 4.42. The molecule has 130 valence electrons. The second-order valence-corrected chi connectivity index (χ2v) is 8.42. The molecule has 0 amide bonds. The van der Waals surface area contributed by atoms with E-state index in [2.05, 4.69) is 85.4 Å². The molecule has 0 radical (unpaired) electrons. The highest BCUT2D eigenvalue weighted by Gasteiger charge is 2.30. The quantitative estimate of drug-likeness (QED) is 0.378. The number of hydrogen-bond acceptors (Lipinski definition) is 2. The first kappa shape index (κ1) is 17.8. The van der Waals surface area contributed by atoms with E-state index >= 15 is 0 Å². The van der Waals surface area contributed by atoms with Crippen LogP contribution in [-0.4, -0.2) is 5.71 Å². The van der Waals surface area contributed by atoms with E-state index in [1.165, 1.54) is 5.56 Å². The maximum atomic E-state index is 6.08. The van der Waals surface area contributed by atoms with Gasteiger partial charge < -0.3 is 0 Å². The van der Waals surface area contributed by atoms with Crippen molar-refractivity contribution >= 4 is 54.9 Å². The Bertz CT molecular complexity index is 953. The minimum absolute atomic E-state index is 0.139. The van der Waals surface area contributed by atoms with Gasteiger partial charge in [0.1, 0.15) is 0 Å². The van der Waals surface area contributed by atoms with E-state index < -0.39 is 0 Å². The summed E-state index contributed by atoms with van der Waals surface area (Å²) in [6.45, 7) is 0. The monoisotopic (exact) mass is 488 g/mol. The Morgan fingerprint density at radius 3 is 2.31 bits per heavy atom. The van der Waals surface area contributed by atoms with Gasteiger partial charge in [-0.25, -0.2) is 0 Å². The van der Waals surface area contributed by atoms with Gasteiger partial charge >= 0.3 is 0 Å². The predicted molar refractivity (Wildman–Crippen MR) is 116 cm³/mol. The first-order valence-electron chi connectivity index (χ1n) is 8.24. The van der Waals surface area contributed by atoms with Gasteiger partial charge in [0.15, 0.2) is 0 Å². The van der Waals surface area contributed by atoms with Gasteiger partial charge in [0.2, 0.25) is 0 Å². The maximum absolute atomic E-state index is 6.08. The Labute approximate surface area is 174 Å². The molecule has 0 saturated heterocycles. The van der Waals surface area contributed by atoms with Crippen molar-refractivity contribution in [2.45, 2.75) is 12.5 Å². The molecule has 5 heteroatoms. The van der Waals surface area contributed by atoms with E-state index in [1.54, 1.807) is 0 Å². The van der Waals surface area contributed by atoms with Gasteiger partial charge in [0.05, 0.1) is 17.4 Å². The molecular weight excluding hydrogens is 476 g/mol. The molecule has 2 nitrogen and oxygen atoms in total. The number of hydrogen-bond donors (Lipinski definition) is 0. The fourth-order valence-electron chi connectivity index (χ4n) is 3.13. The number of benzene rings is 3. The van der Waals surface area contributed by atoms with Gasteiger partial charge in [-0.2, -0.15) is 5.10 Å². The summed E-state index contributed by atoms with van der Waals surface area (Å²) >= 11 is 13.1. The van der Waals surface area contributed by atoms with Gasteiger partial charge in [-0.15, -0.1) is 0 Å². The summed E-state index contributed by atoms with van der Waals surface area (Å²) in [6.07, 6.45) is 0.843. The average molecular weight is 491 g/mol. The Kier molecular flexibility index (Phi) is 5.16. The van der Waals surface area contributed by atoms with E-state index in [9.17, 15) is 0 Å². The van der Waals surface area contributed by atoms with Crippen molar-refractivity contribution in [3.05, 3.63) is 97.9 Å². The fraction of sp³-hybridized carbons (Fsp3) is 0.0952. The number of nitrogens with zero attached hydrogens (tertiary/aromatic N) is 2. The van der Waals surface area contributed by atoms with Gasteiger partial charge in [0, 0.05) is 20.4 Å². The molecule has 4 rings (SSSR count). The second kappa shape index (κ2) is 7.55. The van der Waals surface area contributed by atoms with Crippen molar-refractivity contribution in [1.82, 2.24) is 0 Å². The topological polar surface area (TPSA) is 15.6 Å². The van der Waals surface area contributed by atoms with Crippen molar-refractivity contribution in [2.24, 2.45) is 5.10 Å². The summed E-state index contributed by atoms with van der Waals surface area (Å²) < 4.78 is 2.11. The van der Waals surface area contributed by atoms with Gasteiger partial charge in [-0.05, 0) is 53.6 Å². The minimum atomic E-state index is 0.139. The highest BCUT2D eigenvalue weighted by molar-refractivity contribution is 9.10. The molecule has 0 aliphatic carbocycles. The van der Waals surface area contributed by atoms with Crippen LogP contribution in [0.15, 0.2) is 86.8 Å². The molecule has 3 aromatic rings. The third kappa shape index (κ3) is 3.73. The van der Waals surface area contributed by atoms with Crippen molar-refractivity contribution in [1.29, 1.82) is 0 Å². The normalized spacial score (nSPS) is 16.7. The van der Waals surface area contributed by atoms with Gasteiger partial charge in [-0.1, -0.05) is 73.8 Å². The Morgan fingerprint density at radius 2 is 1.62 bits per heavy atom. The second-order valence-electron chi connectivity index (χ2n) is 6.15. The van der Waals surface area contributed by atoms with Crippen LogP contribution in [0.2, 0.25) is 5.02 Å². The SMILES string of the molecule is Clc1ccc([C@@H]2CC(c3ccc(Br)cc3)=NN2c2cccc(Br)c2)cc1. The fourth-order valence-corrected chi connectivity index (χ4v) is 3.91. The van der Waals surface area contributed by atoms with Crippen LogP contribution in [0.1, 0.15) is 23.6 Å². The summed E-state index contributed by atoms with van der Waals surface area (Å²) in [6, 6.07) is 24.7. The zero-order chi connectivity index (χ0) is 18.1. The highest BCUT2D eigenvalue weighted by atomic mass is 79.9. The molecule has 0 aromatic heterocycles. The molecule has 1 atom stereocenters. The van der Waals surface area contributed by atoms with Crippen LogP contribution >= 0.6 is 43.5 Å². The molecule has 26 heavy (non-hydrogen) atoms. The van der Waals surface area contributed by atoms with Gasteiger partial charge in [0.25, 0.3) is 0 Å². The van der Waals surface area contributed by atoms with Crippen LogP contribution in [0.5, 0.6) is 0 Å². The lowest BCUT2D eigenvalue weighted by Crippen LogP contribution is -2.18. The Balaban J connectivity index is 1.75. The summed E-state index contributed by atoms with van der Waals surface area (Å²) in [5.74, 6) is 0. The smallest absolute Gasteiger partial charge is 0.0831 e. The third-order valence-corrected chi connectivity index (χ3v) is 5.69. The predicted octanol–water partition coefficient (Wildman–Crippen LogP) is 7.22. The first-order chi connectivity index (χ1) is 12.6. The zero-order valence-electron chi connectivity index (χ0n) is 13.7. The molecule has 1 aliphatic rings. The zero-order valence-corrected chi connectivity index (χ0v) is 17.7. The summed E-state index contributed by atoms with van der Waals surface area (Å²) in [5, 5.41) is 7.81. The minimum Gasteiger partial charge on any atom is -0.257 e. The van der Waals surface area contributed by atoms with E-state index in [0.29, 0.717) is 0 Å². The van der Waals surface area contributed by atoms with Crippen LogP contribution in [-0.2, 0) is 0 Å². The van der Waals surface area contributed by atoms with Crippen LogP contribution in [0.4, 0.5) is 5.69 Å². The average Bonchev–Trinajstić information content (AvgIpc) is 3.08. The molecule has 1 heterocycles. The maximum Gasteiger partial charge on any atom is 0.0831 e. The molecule has 0 saturated carbocycles. The lowest BCUT2D eigenvalue weighted by atomic mass is 9.98. The van der Waals surface area contributed by atoms with E-state index in [0.717, 1.165) is 37.4 Å². The molecular formula is C21H15Br2ClN2. The van der Waals surface area contributed by atoms with Crippen molar-refractivity contribution in [3.8, 4) is 0 Å². The lowest BCUT2D eigenvalue weighted by molar-refractivity contribution is 0.709. The molecule has 0 unspecified atom stereocenters. The van der Waals surface area contributed by atoms with Crippen molar-refractivity contribution in [3.63, 3.8) is 0 Å². The van der Waals surface area contributed by atoms with Crippen LogP contribution in [0, 0.1) is 0 Å². The van der Waals surface area contributed by atoms with Gasteiger partial charge in [-0.3, -0.25) is 5.01 Å². The van der Waals surface area contributed by atoms with E-state index in [-0.39, 0.29) is 6.04 Å². The molecule has 0 bridgehead atoms. The van der Waals surface area contributed by atoms with Crippen LogP contribution < -0.4 is 5.01 Å². The highest BCUT2D eigenvalue weighted by Crippen LogP contribution is 2.37. The molecule has 0 N–H and O–H groups in total. The van der Waals surface area contributed by atoms with E-state index in [1.807, 2.05) is 24.3 Å². The summed E-state index contributed by atoms with van der Waals surface area (Å²) in [4.78, 5) is 0. The Morgan fingerprint density at radius 1 is 0.885 bits per heavy atom. The summed E-state index contributed by atoms with van der Waals surface area (Å²) in [7, 11) is 0. The number of halogens is 3. The van der Waals surface area contributed by atoms with Crippen LogP contribution in [0.3, 0.4) is 0 Å². The molecule has 3 aromatic carbocycles. The van der Waals surface area contributed by atoms with E-state index in [4.69, 9.17) is 16.7 Å². The molecule has 0 spiro atoms. The Hall–Kier alpha value is -1.62. The summed E-state index contributed by atoms with van der Waals surface area (Å²) in [5.41, 5.74) is 4.48. The van der Waals surface area contributed by atoms with Crippen LogP contribution in [0.25, 0.3) is 0 Å². The number of hydrazone groups is 1. The molecule has 0 fully saturated rings.